The molecule has 3 aromatic rings. The third-order valence-electron chi connectivity index (χ3n) is 6.10. The summed E-state index contributed by atoms with van der Waals surface area (Å²) < 4.78 is 39.0. The molecule has 0 unspecified atom stereocenters. The van der Waals surface area contributed by atoms with Gasteiger partial charge in [0.2, 0.25) is 5.91 Å². The van der Waals surface area contributed by atoms with E-state index in [1.807, 2.05) is 30.3 Å². The molecule has 1 fully saturated rings. The number of anilines is 1. The van der Waals surface area contributed by atoms with Gasteiger partial charge in [-0.1, -0.05) is 61.7 Å². The van der Waals surface area contributed by atoms with E-state index in [1.54, 1.807) is 6.07 Å². The summed E-state index contributed by atoms with van der Waals surface area (Å²) in [5, 5.41) is 9.91. The molecule has 1 amide bonds. The van der Waals surface area contributed by atoms with Crippen LogP contribution in [0.1, 0.15) is 52.9 Å². The Bertz CT molecular complexity index is 1150. The van der Waals surface area contributed by atoms with Crippen LogP contribution in [0.5, 0.6) is 0 Å². The Hall–Kier alpha value is -3.13. The Morgan fingerprint density at radius 3 is 2.21 bits per heavy atom. The van der Waals surface area contributed by atoms with Crippen LogP contribution in [0.25, 0.3) is 10.4 Å². The van der Waals surface area contributed by atoms with E-state index < -0.39 is 17.7 Å². The van der Waals surface area contributed by atoms with E-state index in [-0.39, 0.29) is 28.9 Å². The van der Waals surface area contributed by atoms with Crippen LogP contribution in [0.2, 0.25) is 0 Å². The molecule has 0 radical (unpaired) electrons. The minimum atomic E-state index is -4.45. The smallest absolute Gasteiger partial charge is 0.416 e. The van der Waals surface area contributed by atoms with Crippen LogP contribution in [0.4, 0.5) is 18.9 Å². The van der Waals surface area contributed by atoms with Crippen LogP contribution in [-0.4, -0.2) is 17.0 Å². The van der Waals surface area contributed by atoms with Gasteiger partial charge in [0.05, 0.1) is 17.8 Å². The number of benzene rings is 2. The number of halogens is 3. The SMILES string of the molecule is O=C(O)c1sc(-c2ccccc2)cc1N(Cc1ccc(C(F)(F)F)cc1)C(=O)C1CCCCC1. The summed E-state index contributed by atoms with van der Waals surface area (Å²) in [5.74, 6) is -1.56. The Kier molecular flexibility index (Phi) is 7.07. The molecule has 1 aromatic heterocycles. The largest absolute Gasteiger partial charge is 0.477 e. The molecule has 0 bridgehead atoms. The van der Waals surface area contributed by atoms with Gasteiger partial charge < -0.3 is 10.0 Å². The van der Waals surface area contributed by atoms with Crippen molar-refractivity contribution < 1.29 is 27.9 Å². The lowest BCUT2D eigenvalue weighted by Crippen LogP contribution is -2.37. The van der Waals surface area contributed by atoms with E-state index in [9.17, 15) is 27.9 Å². The van der Waals surface area contributed by atoms with Gasteiger partial charge in [0, 0.05) is 10.8 Å². The Labute approximate surface area is 199 Å². The molecule has 178 valence electrons. The van der Waals surface area contributed by atoms with Gasteiger partial charge in [0.15, 0.2) is 0 Å². The maximum Gasteiger partial charge on any atom is 0.416 e. The summed E-state index contributed by atoms with van der Waals surface area (Å²) >= 11 is 1.09. The fourth-order valence-corrected chi connectivity index (χ4v) is 5.32. The molecule has 1 aliphatic carbocycles. The lowest BCUT2D eigenvalue weighted by molar-refractivity contribution is -0.137. The summed E-state index contributed by atoms with van der Waals surface area (Å²) in [5.41, 5.74) is 0.850. The standard InChI is InChI=1S/C26H24F3NO3S/c27-26(28,29)20-13-11-17(12-14-20)16-30(24(31)19-9-5-2-6-10-19)21-15-22(34-23(21)25(32)33)18-7-3-1-4-8-18/h1,3-4,7-8,11-15,19H,2,5-6,9-10,16H2,(H,32,33). The zero-order valence-corrected chi connectivity index (χ0v) is 19.2. The molecular weight excluding hydrogens is 463 g/mol. The van der Waals surface area contributed by atoms with Crippen LogP contribution in [0.15, 0.2) is 60.7 Å². The van der Waals surface area contributed by atoms with Gasteiger partial charge in [-0.25, -0.2) is 4.79 Å². The van der Waals surface area contributed by atoms with Gasteiger partial charge in [0.25, 0.3) is 0 Å². The van der Waals surface area contributed by atoms with Crippen LogP contribution < -0.4 is 4.90 Å². The first-order valence-electron chi connectivity index (χ1n) is 11.1. The average Bonchev–Trinajstić information content (AvgIpc) is 3.29. The number of carboxylic acids is 1. The second-order valence-corrected chi connectivity index (χ2v) is 9.50. The molecule has 4 nitrogen and oxygen atoms in total. The number of rotatable bonds is 6. The third kappa shape index (κ3) is 5.33. The number of thiophene rings is 1. The average molecular weight is 488 g/mol. The monoisotopic (exact) mass is 487 g/mol. The fourth-order valence-electron chi connectivity index (χ4n) is 4.31. The van der Waals surface area contributed by atoms with Gasteiger partial charge in [-0.05, 0) is 42.2 Å². The van der Waals surface area contributed by atoms with E-state index >= 15 is 0 Å². The van der Waals surface area contributed by atoms with E-state index in [2.05, 4.69) is 0 Å². The van der Waals surface area contributed by atoms with Crippen molar-refractivity contribution in [3.63, 3.8) is 0 Å². The number of aromatic carboxylic acids is 1. The van der Waals surface area contributed by atoms with Crippen LogP contribution in [0, 0.1) is 5.92 Å². The molecule has 2 aromatic carbocycles. The molecule has 0 atom stereocenters. The minimum Gasteiger partial charge on any atom is -0.477 e. The first-order chi connectivity index (χ1) is 16.2. The van der Waals surface area contributed by atoms with E-state index in [0.717, 1.165) is 61.1 Å². The Morgan fingerprint density at radius 2 is 1.62 bits per heavy atom. The summed E-state index contributed by atoms with van der Waals surface area (Å²) in [4.78, 5) is 27.9. The number of carboxylic acid groups (broad SMARTS) is 1. The normalized spacial score (nSPS) is 14.7. The number of amides is 1. The predicted molar refractivity (Wildman–Crippen MR) is 126 cm³/mol. The van der Waals surface area contributed by atoms with Crippen LogP contribution >= 0.6 is 11.3 Å². The van der Waals surface area contributed by atoms with Crippen LogP contribution in [0.3, 0.4) is 0 Å². The van der Waals surface area contributed by atoms with E-state index in [4.69, 9.17) is 0 Å². The number of carbonyl (C=O) groups is 2. The van der Waals surface area contributed by atoms with Crippen molar-refractivity contribution >= 4 is 28.9 Å². The van der Waals surface area contributed by atoms with Gasteiger partial charge in [-0.15, -0.1) is 11.3 Å². The molecule has 8 heteroatoms. The quantitative estimate of drug-likeness (QED) is 0.399. The molecule has 0 spiro atoms. The minimum absolute atomic E-state index is 0.00128. The van der Waals surface area contributed by atoms with Crippen molar-refractivity contribution in [3.05, 3.63) is 76.7 Å². The number of hydrogen-bond donors (Lipinski definition) is 1. The Balaban J connectivity index is 1.74. The zero-order valence-electron chi connectivity index (χ0n) is 18.3. The number of hydrogen-bond acceptors (Lipinski definition) is 3. The number of carbonyl (C=O) groups excluding carboxylic acids is 1. The van der Waals surface area contributed by atoms with Crippen molar-refractivity contribution in [2.75, 3.05) is 4.90 Å². The first kappa shape index (κ1) is 24.0. The molecule has 0 saturated heterocycles. The second kappa shape index (κ2) is 10.0. The van der Waals surface area contributed by atoms with Gasteiger partial charge in [-0.3, -0.25) is 4.79 Å². The maximum absolute atomic E-state index is 13.6. The van der Waals surface area contributed by atoms with E-state index in [1.165, 1.54) is 17.0 Å². The maximum atomic E-state index is 13.6. The zero-order chi connectivity index (χ0) is 24.3. The van der Waals surface area contributed by atoms with Crippen molar-refractivity contribution in [2.45, 2.75) is 44.8 Å². The van der Waals surface area contributed by atoms with E-state index in [0.29, 0.717) is 10.4 Å². The van der Waals surface area contributed by atoms with Crippen molar-refractivity contribution in [1.29, 1.82) is 0 Å². The fraction of sp³-hybridized carbons (Fsp3) is 0.308. The molecule has 0 aliphatic heterocycles. The highest BCUT2D eigenvalue weighted by molar-refractivity contribution is 7.18. The summed E-state index contributed by atoms with van der Waals surface area (Å²) in [6.45, 7) is -0.00128. The predicted octanol–water partition coefficient (Wildman–Crippen LogP) is 7.25. The molecule has 1 N–H and O–H groups in total. The van der Waals surface area contributed by atoms with Gasteiger partial charge in [-0.2, -0.15) is 13.2 Å². The molecule has 4 rings (SSSR count). The lowest BCUT2D eigenvalue weighted by Gasteiger charge is -2.29. The topological polar surface area (TPSA) is 57.6 Å². The highest BCUT2D eigenvalue weighted by atomic mass is 32.1. The highest BCUT2D eigenvalue weighted by Crippen LogP contribution is 2.39. The van der Waals surface area contributed by atoms with Crippen molar-refractivity contribution in [2.24, 2.45) is 5.92 Å². The Morgan fingerprint density at radius 1 is 0.971 bits per heavy atom. The van der Waals surface area contributed by atoms with Crippen molar-refractivity contribution in [1.82, 2.24) is 0 Å². The molecule has 1 heterocycles. The molecule has 1 aliphatic rings. The number of nitrogens with zero attached hydrogens (tertiary/aromatic N) is 1. The highest BCUT2D eigenvalue weighted by Gasteiger charge is 2.32. The lowest BCUT2D eigenvalue weighted by atomic mass is 9.88. The molecule has 34 heavy (non-hydrogen) atoms. The summed E-state index contributed by atoms with van der Waals surface area (Å²) in [6, 6.07) is 15.6. The van der Waals surface area contributed by atoms with Gasteiger partial charge >= 0.3 is 12.1 Å². The summed E-state index contributed by atoms with van der Waals surface area (Å²) in [7, 11) is 0. The second-order valence-electron chi connectivity index (χ2n) is 8.45. The number of alkyl halides is 3. The molecule has 1 saturated carbocycles. The third-order valence-corrected chi connectivity index (χ3v) is 7.26. The van der Waals surface area contributed by atoms with Crippen LogP contribution in [-0.2, 0) is 17.5 Å². The van der Waals surface area contributed by atoms with Gasteiger partial charge in [0.1, 0.15) is 4.88 Å². The first-order valence-corrected chi connectivity index (χ1v) is 12.0. The van der Waals surface area contributed by atoms with Crippen molar-refractivity contribution in [3.8, 4) is 10.4 Å². The summed E-state index contributed by atoms with van der Waals surface area (Å²) in [6.07, 6.45) is -0.102. The molecular formula is C26H24F3NO3S.